The van der Waals surface area contributed by atoms with Gasteiger partial charge in [0.1, 0.15) is 17.1 Å². The molecule has 1 atom stereocenters. The molecule has 0 radical (unpaired) electrons. The monoisotopic (exact) mass is 217 g/mol. The summed E-state index contributed by atoms with van der Waals surface area (Å²) in [5.41, 5.74) is 0.984. The van der Waals surface area contributed by atoms with Crippen LogP contribution in [0.1, 0.15) is 12.0 Å². The van der Waals surface area contributed by atoms with Crippen LogP contribution in [0.25, 0.3) is 6.08 Å². The summed E-state index contributed by atoms with van der Waals surface area (Å²) in [4.78, 5) is 0. The molecule has 2 heterocycles. The Morgan fingerprint density at radius 3 is 3.12 bits per heavy atom. The average molecular weight is 217 g/mol. The van der Waals surface area contributed by atoms with Crippen LogP contribution in [0.5, 0.6) is 11.5 Å². The minimum atomic E-state index is -0.140. The van der Waals surface area contributed by atoms with Gasteiger partial charge in [0.05, 0.1) is 7.11 Å². The second-order valence-corrected chi connectivity index (χ2v) is 4.33. The van der Waals surface area contributed by atoms with Gasteiger partial charge in [-0.05, 0) is 24.8 Å². The van der Waals surface area contributed by atoms with Crippen LogP contribution in [0.2, 0.25) is 0 Å². The highest BCUT2D eigenvalue weighted by molar-refractivity contribution is 5.62. The van der Waals surface area contributed by atoms with Crippen molar-refractivity contribution in [3.05, 3.63) is 29.8 Å². The van der Waals surface area contributed by atoms with Gasteiger partial charge in [0.15, 0.2) is 0 Å². The van der Waals surface area contributed by atoms with Crippen LogP contribution in [0.15, 0.2) is 24.3 Å². The van der Waals surface area contributed by atoms with Crippen molar-refractivity contribution in [1.82, 2.24) is 5.32 Å². The highest BCUT2D eigenvalue weighted by atomic mass is 16.5. The molecule has 1 unspecified atom stereocenters. The molecule has 0 bridgehead atoms. The molecule has 1 aromatic carbocycles. The van der Waals surface area contributed by atoms with E-state index >= 15 is 0 Å². The summed E-state index contributed by atoms with van der Waals surface area (Å²) in [7, 11) is 1.67. The van der Waals surface area contributed by atoms with Crippen molar-refractivity contribution in [2.75, 3.05) is 20.2 Å². The number of ether oxygens (including phenoxy) is 2. The van der Waals surface area contributed by atoms with Crippen LogP contribution < -0.4 is 14.8 Å². The Hall–Kier alpha value is -1.48. The summed E-state index contributed by atoms with van der Waals surface area (Å²) in [6.07, 6.45) is 5.34. The molecule has 84 valence electrons. The van der Waals surface area contributed by atoms with Gasteiger partial charge in [0, 0.05) is 24.6 Å². The molecule has 3 rings (SSSR count). The molecule has 1 N–H and O–H groups in total. The largest absolute Gasteiger partial charge is 0.497 e. The molecule has 1 spiro atoms. The first-order valence-electron chi connectivity index (χ1n) is 5.58. The first-order valence-corrected chi connectivity index (χ1v) is 5.58. The van der Waals surface area contributed by atoms with E-state index in [4.69, 9.17) is 9.47 Å². The van der Waals surface area contributed by atoms with E-state index in [0.717, 1.165) is 36.6 Å². The third kappa shape index (κ3) is 1.48. The molecule has 2 aliphatic rings. The molecular formula is C13H15NO2. The molecule has 1 aromatic rings. The summed E-state index contributed by atoms with van der Waals surface area (Å²) < 4.78 is 11.3. The Kier molecular flexibility index (Phi) is 2.14. The van der Waals surface area contributed by atoms with Crippen LogP contribution in [0, 0.1) is 0 Å². The van der Waals surface area contributed by atoms with Crippen molar-refractivity contribution >= 4 is 6.08 Å². The predicted octanol–water partition coefficient (Wildman–Crippen LogP) is 1.83. The standard InChI is InChI=1S/C13H15NO2/c1-15-11-3-2-10-4-5-13(6-7-14-9-13)16-12(10)8-11/h2-5,8,14H,6-7,9H2,1H3. The maximum Gasteiger partial charge on any atom is 0.141 e. The molecule has 3 nitrogen and oxygen atoms in total. The first kappa shape index (κ1) is 9.73. The fourth-order valence-corrected chi connectivity index (χ4v) is 2.28. The quantitative estimate of drug-likeness (QED) is 0.778. The van der Waals surface area contributed by atoms with Gasteiger partial charge in [0.2, 0.25) is 0 Å². The van der Waals surface area contributed by atoms with Crippen molar-refractivity contribution in [3.63, 3.8) is 0 Å². The zero-order chi connectivity index (χ0) is 11.0. The molecule has 0 aliphatic carbocycles. The van der Waals surface area contributed by atoms with E-state index in [1.54, 1.807) is 7.11 Å². The van der Waals surface area contributed by atoms with Crippen molar-refractivity contribution in [2.24, 2.45) is 0 Å². The molecule has 3 heteroatoms. The Balaban J connectivity index is 1.97. The van der Waals surface area contributed by atoms with E-state index in [9.17, 15) is 0 Å². The number of nitrogens with one attached hydrogen (secondary N) is 1. The van der Waals surface area contributed by atoms with E-state index in [0.29, 0.717) is 0 Å². The number of rotatable bonds is 1. The summed E-state index contributed by atoms with van der Waals surface area (Å²) in [6, 6.07) is 5.94. The predicted molar refractivity (Wildman–Crippen MR) is 62.9 cm³/mol. The average Bonchev–Trinajstić information content (AvgIpc) is 2.76. The summed E-state index contributed by atoms with van der Waals surface area (Å²) in [5, 5.41) is 3.33. The van der Waals surface area contributed by atoms with Crippen molar-refractivity contribution in [3.8, 4) is 11.5 Å². The Bertz CT molecular complexity index is 434. The lowest BCUT2D eigenvalue weighted by atomic mass is 9.97. The van der Waals surface area contributed by atoms with Crippen molar-refractivity contribution in [2.45, 2.75) is 12.0 Å². The number of fused-ring (bicyclic) bond motifs is 1. The van der Waals surface area contributed by atoms with Crippen LogP contribution >= 0.6 is 0 Å². The molecule has 16 heavy (non-hydrogen) atoms. The lowest BCUT2D eigenvalue weighted by Gasteiger charge is -2.30. The third-order valence-corrected chi connectivity index (χ3v) is 3.25. The molecule has 1 fully saturated rings. The van der Waals surface area contributed by atoms with Crippen LogP contribution in [0.3, 0.4) is 0 Å². The third-order valence-electron chi connectivity index (χ3n) is 3.25. The van der Waals surface area contributed by atoms with E-state index < -0.39 is 0 Å². The lowest BCUT2D eigenvalue weighted by Crippen LogP contribution is -2.37. The van der Waals surface area contributed by atoms with Crippen LogP contribution in [-0.2, 0) is 0 Å². The van der Waals surface area contributed by atoms with Crippen molar-refractivity contribution < 1.29 is 9.47 Å². The van der Waals surface area contributed by atoms with Crippen molar-refractivity contribution in [1.29, 1.82) is 0 Å². The Labute approximate surface area is 95.1 Å². The first-order chi connectivity index (χ1) is 7.81. The van der Waals surface area contributed by atoms with Crippen LogP contribution in [-0.4, -0.2) is 25.8 Å². The van der Waals surface area contributed by atoms with Gasteiger partial charge in [-0.2, -0.15) is 0 Å². The minimum absolute atomic E-state index is 0.140. The maximum atomic E-state index is 6.09. The smallest absolute Gasteiger partial charge is 0.141 e. The zero-order valence-electron chi connectivity index (χ0n) is 9.32. The lowest BCUT2D eigenvalue weighted by molar-refractivity contribution is 0.138. The molecular weight excluding hydrogens is 202 g/mol. The van der Waals surface area contributed by atoms with Gasteiger partial charge in [-0.15, -0.1) is 0 Å². The summed E-state index contributed by atoms with van der Waals surface area (Å²) in [6.45, 7) is 1.91. The van der Waals surface area contributed by atoms with Gasteiger partial charge in [0.25, 0.3) is 0 Å². The minimum Gasteiger partial charge on any atom is -0.497 e. The fourth-order valence-electron chi connectivity index (χ4n) is 2.28. The van der Waals surface area contributed by atoms with E-state index in [2.05, 4.69) is 17.5 Å². The van der Waals surface area contributed by atoms with E-state index in [1.165, 1.54) is 0 Å². The van der Waals surface area contributed by atoms with Gasteiger partial charge in [-0.25, -0.2) is 0 Å². The Morgan fingerprint density at radius 1 is 1.44 bits per heavy atom. The second kappa shape index (κ2) is 3.52. The number of hydrogen-bond acceptors (Lipinski definition) is 3. The molecule has 1 saturated heterocycles. The van der Waals surface area contributed by atoms with Gasteiger partial charge < -0.3 is 14.8 Å². The molecule has 2 aliphatic heterocycles. The topological polar surface area (TPSA) is 30.5 Å². The molecule has 0 saturated carbocycles. The normalized spacial score (nSPS) is 26.6. The van der Waals surface area contributed by atoms with Gasteiger partial charge in [-0.3, -0.25) is 0 Å². The Morgan fingerprint density at radius 2 is 2.38 bits per heavy atom. The zero-order valence-corrected chi connectivity index (χ0v) is 9.32. The highest BCUT2D eigenvalue weighted by Gasteiger charge is 2.35. The maximum absolute atomic E-state index is 6.09. The molecule has 0 amide bonds. The molecule has 0 aromatic heterocycles. The summed E-state index contributed by atoms with van der Waals surface area (Å²) in [5.74, 6) is 1.76. The highest BCUT2D eigenvalue weighted by Crippen LogP contribution is 2.36. The van der Waals surface area contributed by atoms with Gasteiger partial charge in [-0.1, -0.05) is 6.08 Å². The SMILES string of the molecule is COc1ccc2c(c1)OC1(C=C2)CCNC1. The fraction of sp³-hybridized carbons (Fsp3) is 0.385. The van der Waals surface area contributed by atoms with Gasteiger partial charge >= 0.3 is 0 Å². The van der Waals surface area contributed by atoms with Crippen LogP contribution in [0.4, 0.5) is 0 Å². The van der Waals surface area contributed by atoms with E-state index in [-0.39, 0.29) is 5.60 Å². The number of hydrogen-bond donors (Lipinski definition) is 1. The van der Waals surface area contributed by atoms with E-state index in [1.807, 2.05) is 18.2 Å². The summed E-state index contributed by atoms with van der Waals surface area (Å²) >= 11 is 0. The number of methoxy groups -OCH3 is 1. The number of benzene rings is 1. The second-order valence-electron chi connectivity index (χ2n) is 4.33.